The molecule has 0 aliphatic carbocycles. The average molecular weight is 358 g/mol. The van der Waals surface area contributed by atoms with Crippen molar-refractivity contribution in [3.8, 4) is 0 Å². The van der Waals surface area contributed by atoms with Crippen LogP contribution in [0.25, 0.3) is 0 Å². The van der Waals surface area contributed by atoms with E-state index in [1.807, 2.05) is 23.1 Å². The second kappa shape index (κ2) is 7.96. The van der Waals surface area contributed by atoms with Gasteiger partial charge in [-0.2, -0.15) is 4.98 Å². The van der Waals surface area contributed by atoms with Crippen LogP contribution in [0.5, 0.6) is 0 Å². The molecule has 4 rings (SSSR count). The molecular formula is C17H26N8O. The average Bonchev–Trinajstić information content (AvgIpc) is 3.38. The Balaban J connectivity index is 1.34. The van der Waals surface area contributed by atoms with Gasteiger partial charge in [-0.05, 0) is 12.5 Å². The van der Waals surface area contributed by atoms with Gasteiger partial charge in [0, 0.05) is 58.2 Å². The molecule has 0 aromatic carbocycles. The van der Waals surface area contributed by atoms with Gasteiger partial charge in [-0.3, -0.25) is 9.58 Å². The molecule has 0 saturated carbocycles. The van der Waals surface area contributed by atoms with Gasteiger partial charge in [0.25, 0.3) is 0 Å². The third kappa shape index (κ3) is 3.94. The molecule has 0 bridgehead atoms. The van der Waals surface area contributed by atoms with Gasteiger partial charge in [-0.1, -0.05) is 5.21 Å². The Kier molecular flexibility index (Phi) is 5.26. The molecule has 0 N–H and O–H groups in total. The number of nitrogens with zero attached hydrogens (tertiary/aromatic N) is 8. The van der Waals surface area contributed by atoms with Gasteiger partial charge in [0.05, 0.1) is 26.0 Å². The minimum absolute atomic E-state index is 0.471. The Labute approximate surface area is 153 Å². The molecule has 0 radical (unpaired) electrons. The third-order valence-corrected chi connectivity index (χ3v) is 5.20. The highest BCUT2D eigenvalue weighted by Crippen LogP contribution is 2.21. The number of hydrogen-bond acceptors (Lipinski definition) is 8. The number of likely N-dealkylation sites (N-methyl/N-ethyl adjacent to an activating group) is 1. The summed E-state index contributed by atoms with van der Waals surface area (Å²) >= 11 is 0. The summed E-state index contributed by atoms with van der Waals surface area (Å²) in [6.07, 6.45) is 6.64. The number of ether oxygens (including phenoxy) is 1. The standard InChI is InChI=1S/C17H26N8O/c1-22(15-3-6-23(14-15)8-9-25-7-5-19-21-25)16-2-4-18-17(20-16)24-10-12-26-13-11-24/h2,4-5,7,15H,3,6,8-14H2,1H3. The zero-order valence-electron chi connectivity index (χ0n) is 15.2. The van der Waals surface area contributed by atoms with E-state index in [9.17, 15) is 0 Å². The highest BCUT2D eigenvalue weighted by atomic mass is 16.5. The lowest BCUT2D eigenvalue weighted by Crippen LogP contribution is -2.38. The van der Waals surface area contributed by atoms with Crippen molar-refractivity contribution in [2.24, 2.45) is 0 Å². The summed E-state index contributed by atoms with van der Waals surface area (Å²) in [7, 11) is 2.14. The van der Waals surface area contributed by atoms with E-state index in [1.54, 1.807) is 6.20 Å². The quantitative estimate of drug-likeness (QED) is 0.721. The minimum atomic E-state index is 0.471. The predicted octanol–water partition coefficient (Wildman–Crippen LogP) is 0.115. The van der Waals surface area contributed by atoms with E-state index in [-0.39, 0.29) is 0 Å². The Hall–Kier alpha value is -2.26. The molecule has 2 aliphatic rings. The van der Waals surface area contributed by atoms with Gasteiger partial charge in [-0.25, -0.2) is 4.98 Å². The maximum absolute atomic E-state index is 5.42. The van der Waals surface area contributed by atoms with Crippen LogP contribution in [0.3, 0.4) is 0 Å². The van der Waals surface area contributed by atoms with Crippen molar-refractivity contribution in [1.29, 1.82) is 0 Å². The first-order chi connectivity index (χ1) is 12.8. The van der Waals surface area contributed by atoms with E-state index in [1.165, 1.54) is 0 Å². The zero-order chi connectivity index (χ0) is 17.8. The molecule has 1 atom stereocenters. The fourth-order valence-corrected chi connectivity index (χ4v) is 3.57. The van der Waals surface area contributed by atoms with Crippen LogP contribution in [0.15, 0.2) is 24.7 Å². The highest BCUT2D eigenvalue weighted by molar-refractivity contribution is 5.44. The maximum atomic E-state index is 5.42. The van der Waals surface area contributed by atoms with Crippen LogP contribution in [-0.4, -0.2) is 88.9 Å². The topological polar surface area (TPSA) is 75.4 Å². The first-order valence-corrected chi connectivity index (χ1v) is 9.24. The smallest absolute Gasteiger partial charge is 0.227 e. The number of morpholine rings is 1. The number of likely N-dealkylation sites (tertiary alicyclic amines) is 1. The summed E-state index contributed by atoms with van der Waals surface area (Å²) in [5.41, 5.74) is 0. The summed E-state index contributed by atoms with van der Waals surface area (Å²) in [5.74, 6) is 1.79. The van der Waals surface area contributed by atoms with Crippen LogP contribution >= 0.6 is 0 Å². The van der Waals surface area contributed by atoms with Crippen molar-refractivity contribution < 1.29 is 4.74 Å². The summed E-state index contributed by atoms with van der Waals surface area (Å²) in [5, 5.41) is 7.89. The van der Waals surface area contributed by atoms with Gasteiger partial charge in [0.15, 0.2) is 0 Å². The van der Waals surface area contributed by atoms with E-state index in [4.69, 9.17) is 9.72 Å². The first-order valence-electron chi connectivity index (χ1n) is 9.24. The lowest BCUT2D eigenvalue weighted by atomic mass is 10.2. The Morgan fingerprint density at radius 1 is 1.19 bits per heavy atom. The van der Waals surface area contributed by atoms with Crippen LogP contribution in [-0.2, 0) is 11.3 Å². The van der Waals surface area contributed by atoms with E-state index >= 15 is 0 Å². The molecule has 2 aromatic heterocycles. The van der Waals surface area contributed by atoms with E-state index in [0.29, 0.717) is 6.04 Å². The molecule has 4 heterocycles. The first kappa shape index (κ1) is 17.2. The van der Waals surface area contributed by atoms with Crippen molar-refractivity contribution in [3.63, 3.8) is 0 Å². The number of rotatable bonds is 6. The van der Waals surface area contributed by atoms with Crippen LogP contribution in [0.2, 0.25) is 0 Å². The number of hydrogen-bond donors (Lipinski definition) is 0. The largest absolute Gasteiger partial charge is 0.378 e. The lowest BCUT2D eigenvalue weighted by molar-refractivity contribution is 0.122. The lowest BCUT2D eigenvalue weighted by Gasteiger charge is -2.29. The molecule has 1 unspecified atom stereocenters. The molecule has 2 fully saturated rings. The van der Waals surface area contributed by atoms with Gasteiger partial charge in [-0.15, -0.1) is 5.10 Å². The zero-order valence-corrected chi connectivity index (χ0v) is 15.2. The van der Waals surface area contributed by atoms with Crippen LogP contribution < -0.4 is 9.80 Å². The fraction of sp³-hybridized carbons (Fsp3) is 0.647. The van der Waals surface area contributed by atoms with Crippen LogP contribution in [0.1, 0.15) is 6.42 Å². The highest BCUT2D eigenvalue weighted by Gasteiger charge is 2.27. The second-order valence-electron chi connectivity index (χ2n) is 6.83. The fourth-order valence-electron chi connectivity index (χ4n) is 3.57. The Morgan fingerprint density at radius 2 is 2.08 bits per heavy atom. The molecule has 26 heavy (non-hydrogen) atoms. The van der Waals surface area contributed by atoms with Crippen LogP contribution in [0, 0.1) is 0 Å². The Bertz CT molecular complexity index is 688. The minimum Gasteiger partial charge on any atom is -0.378 e. The van der Waals surface area contributed by atoms with Crippen molar-refractivity contribution in [1.82, 2.24) is 29.9 Å². The van der Waals surface area contributed by atoms with Gasteiger partial charge in [0.1, 0.15) is 5.82 Å². The summed E-state index contributed by atoms with van der Waals surface area (Å²) in [6.45, 7) is 7.22. The molecule has 0 amide bonds. The molecular weight excluding hydrogens is 332 g/mol. The molecule has 9 nitrogen and oxygen atoms in total. The second-order valence-corrected chi connectivity index (χ2v) is 6.83. The van der Waals surface area contributed by atoms with Crippen molar-refractivity contribution in [2.75, 3.05) is 62.8 Å². The SMILES string of the molecule is CN(c1ccnc(N2CCOCC2)n1)C1CCN(CCn2ccnn2)C1. The van der Waals surface area contributed by atoms with Crippen molar-refractivity contribution in [2.45, 2.75) is 19.0 Å². The maximum Gasteiger partial charge on any atom is 0.227 e. The molecule has 0 spiro atoms. The summed E-state index contributed by atoms with van der Waals surface area (Å²) in [6, 6.07) is 2.47. The molecule has 140 valence electrons. The van der Waals surface area contributed by atoms with Gasteiger partial charge >= 0.3 is 0 Å². The third-order valence-electron chi connectivity index (χ3n) is 5.20. The van der Waals surface area contributed by atoms with Crippen LogP contribution in [0.4, 0.5) is 11.8 Å². The summed E-state index contributed by atoms with van der Waals surface area (Å²) in [4.78, 5) is 16.2. The van der Waals surface area contributed by atoms with E-state index < -0.39 is 0 Å². The molecule has 2 aromatic rings. The molecule has 2 saturated heterocycles. The Morgan fingerprint density at radius 3 is 2.88 bits per heavy atom. The van der Waals surface area contributed by atoms with Gasteiger partial charge < -0.3 is 14.5 Å². The van der Waals surface area contributed by atoms with Gasteiger partial charge in [0.2, 0.25) is 5.95 Å². The predicted molar refractivity (Wildman–Crippen MR) is 98.3 cm³/mol. The van der Waals surface area contributed by atoms with Crippen molar-refractivity contribution in [3.05, 3.63) is 24.7 Å². The molecule has 2 aliphatic heterocycles. The normalized spacial score (nSPS) is 21.3. The number of anilines is 2. The van der Waals surface area contributed by atoms with E-state index in [0.717, 1.165) is 70.7 Å². The monoisotopic (exact) mass is 358 g/mol. The van der Waals surface area contributed by atoms with Crippen molar-refractivity contribution >= 4 is 11.8 Å². The number of aromatic nitrogens is 5. The molecule has 9 heteroatoms. The summed E-state index contributed by atoms with van der Waals surface area (Å²) < 4.78 is 7.30. The van der Waals surface area contributed by atoms with E-state index in [2.05, 4.69) is 37.0 Å².